The number of ether oxygens (including phenoxy) is 4. The first-order valence-corrected chi connectivity index (χ1v) is 13.7. The third kappa shape index (κ3) is 10.6. The number of hydrogen-bond acceptors (Lipinski definition) is 10. The van der Waals surface area contributed by atoms with Gasteiger partial charge >= 0.3 is 11.9 Å². The maximum Gasteiger partial charge on any atom is 0.328 e. The zero-order valence-corrected chi connectivity index (χ0v) is 24.8. The molecule has 0 heterocycles. The van der Waals surface area contributed by atoms with Gasteiger partial charge < -0.3 is 30.4 Å². The zero-order valence-electron chi connectivity index (χ0n) is 24.8. The minimum absolute atomic E-state index is 0.0889. The Labute approximate surface area is 246 Å². The number of ketones is 2. The fraction of sp³-hybridized carbons (Fsp3) is 0.375. The molecular weight excluding hydrogens is 540 g/mol. The van der Waals surface area contributed by atoms with Crippen LogP contribution in [-0.4, -0.2) is 49.8 Å². The number of nitrogens with two attached hydrogens (primary N) is 2. The number of allylic oxidation sites excluding steroid dienone is 2. The molecule has 0 aromatic heterocycles. The molecule has 42 heavy (non-hydrogen) atoms. The summed E-state index contributed by atoms with van der Waals surface area (Å²) in [6.45, 7) is 5.64. The number of carbonyl (C=O) groups excluding carboxylic acids is 4. The summed E-state index contributed by atoms with van der Waals surface area (Å²) >= 11 is 0. The van der Waals surface area contributed by atoms with E-state index in [1.807, 2.05) is 20.8 Å². The Hall–Kier alpha value is -4.28. The fourth-order valence-electron chi connectivity index (χ4n) is 3.59. The molecule has 0 radical (unpaired) electrons. The topological polar surface area (TPSA) is 157 Å². The van der Waals surface area contributed by atoms with Gasteiger partial charge in [-0.25, -0.2) is 9.59 Å². The number of hydrogen-bond donors (Lipinski definition) is 2. The van der Waals surface area contributed by atoms with E-state index in [1.54, 1.807) is 36.4 Å². The third-order valence-corrected chi connectivity index (χ3v) is 6.23. The normalized spacial score (nSPS) is 12.8. The van der Waals surface area contributed by atoms with Crippen molar-refractivity contribution >= 4 is 35.7 Å². The Morgan fingerprint density at radius 3 is 1.67 bits per heavy atom. The van der Waals surface area contributed by atoms with Crippen molar-refractivity contribution in [2.45, 2.75) is 58.5 Å². The lowest BCUT2D eigenvalue weighted by Crippen LogP contribution is -2.38. The van der Waals surface area contributed by atoms with Crippen LogP contribution < -0.4 is 30.4 Å². The number of rotatable bonds is 16. The maximum atomic E-state index is 12.4. The standard InChI is InChI=1S/C32H40N2O8/c1-6-7-8-25(33)31(37)41-26-15-11-21(17-28(26)39-4)9-13-23(35)19-24(36)14-10-22-12-16-27(29(18-22)40-5)42-32(38)30(34)20(2)3/h9-18,20,25,30H,6-8,19,33-34H2,1-5H3/b13-9+,14-10+. The average molecular weight is 581 g/mol. The molecule has 0 fully saturated rings. The number of unbranched alkanes of at least 4 members (excludes halogenated alkanes) is 1. The van der Waals surface area contributed by atoms with Gasteiger partial charge in [-0.15, -0.1) is 0 Å². The Kier molecular flexibility index (Phi) is 13.6. The van der Waals surface area contributed by atoms with E-state index in [-0.39, 0.29) is 23.8 Å². The van der Waals surface area contributed by atoms with Gasteiger partial charge in [-0.05, 0) is 59.9 Å². The number of benzene rings is 2. The van der Waals surface area contributed by atoms with Crippen molar-refractivity contribution in [3.05, 3.63) is 59.7 Å². The van der Waals surface area contributed by atoms with Gasteiger partial charge in [-0.2, -0.15) is 0 Å². The first-order chi connectivity index (χ1) is 20.0. The third-order valence-electron chi connectivity index (χ3n) is 6.23. The molecule has 10 nitrogen and oxygen atoms in total. The van der Waals surface area contributed by atoms with E-state index < -0.39 is 35.6 Å². The predicted octanol–water partition coefficient (Wildman–Crippen LogP) is 4.27. The van der Waals surface area contributed by atoms with Crippen molar-refractivity contribution in [1.29, 1.82) is 0 Å². The van der Waals surface area contributed by atoms with Crippen LogP contribution in [0.4, 0.5) is 0 Å². The van der Waals surface area contributed by atoms with Crippen molar-refractivity contribution in [2.75, 3.05) is 14.2 Å². The first kappa shape index (κ1) is 33.9. The van der Waals surface area contributed by atoms with Gasteiger partial charge in [-0.3, -0.25) is 9.59 Å². The van der Waals surface area contributed by atoms with Crippen molar-refractivity contribution in [2.24, 2.45) is 17.4 Å². The molecule has 10 heteroatoms. The molecule has 0 aliphatic rings. The molecule has 0 spiro atoms. The summed E-state index contributed by atoms with van der Waals surface area (Å²) in [6.07, 6.45) is 7.58. The molecule has 0 bridgehead atoms. The van der Waals surface area contributed by atoms with E-state index in [9.17, 15) is 19.2 Å². The summed E-state index contributed by atoms with van der Waals surface area (Å²) in [6, 6.07) is 8.11. The van der Waals surface area contributed by atoms with E-state index in [2.05, 4.69) is 0 Å². The summed E-state index contributed by atoms with van der Waals surface area (Å²) in [5.41, 5.74) is 12.9. The van der Waals surface area contributed by atoms with Gasteiger partial charge in [0, 0.05) is 0 Å². The molecule has 0 saturated heterocycles. The van der Waals surface area contributed by atoms with Crippen LogP contribution >= 0.6 is 0 Å². The first-order valence-electron chi connectivity index (χ1n) is 13.7. The smallest absolute Gasteiger partial charge is 0.328 e. The van der Waals surface area contributed by atoms with Crippen LogP contribution in [0, 0.1) is 5.92 Å². The van der Waals surface area contributed by atoms with Gasteiger partial charge in [0.15, 0.2) is 34.6 Å². The summed E-state index contributed by atoms with van der Waals surface area (Å²) < 4.78 is 21.3. The highest BCUT2D eigenvalue weighted by Crippen LogP contribution is 2.30. The molecule has 0 aliphatic heterocycles. The Morgan fingerprint density at radius 2 is 1.24 bits per heavy atom. The Balaban J connectivity index is 1.98. The molecule has 2 aromatic carbocycles. The molecule has 2 atom stereocenters. The van der Waals surface area contributed by atoms with Crippen molar-refractivity contribution in [3.63, 3.8) is 0 Å². The maximum absolute atomic E-state index is 12.4. The van der Waals surface area contributed by atoms with Crippen LogP contribution in [0.5, 0.6) is 23.0 Å². The second-order valence-electron chi connectivity index (χ2n) is 9.96. The van der Waals surface area contributed by atoms with Crippen molar-refractivity contribution in [3.8, 4) is 23.0 Å². The molecule has 0 saturated carbocycles. The van der Waals surface area contributed by atoms with E-state index in [0.29, 0.717) is 29.0 Å². The van der Waals surface area contributed by atoms with Gasteiger partial charge in [-0.1, -0.05) is 57.9 Å². The number of esters is 2. The quantitative estimate of drug-likeness (QED) is 0.127. The minimum Gasteiger partial charge on any atom is -0.493 e. The highest BCUT2D eigenvalue weighted by molar-refractivity contribution is 6.10. The molecule has 0 amide bonds. The molecule has 2 unspecified atom stereocenters. The highest BCUT2D eigenvalue weighted by atomic mass is 16.6. The zero-order chi connectivity index (χ0) is 31.2. The molecule has 2 rings (SSSR count). The number of carbonyl (C=O) groups is 4. The van der Waals surface area contributed by atoms with E-state index in [1.165, 1.54) is 38.5 Å². The monoisotopic (exact) mass is 580 g/mol. The Morgan fingerprint density at radius 1 is 0.762 bits per heavy atom. The van der Waals surface area contributed by atoms with Gasteiger partial charge in [0.05, 0.1) is 20.6 Å². The summed E-state index contributed by atoms with van der Waals surface area (Å²) in [5, 5.41) is 0. The van der Waals surface area contributed by atoms with Gasteiger partial charge in [0.1, 0.15) is 12.1 Å². The molecule has 2 aromatic rings. The minimum atomic E-state index is -0.774. The average Bonchev–Trinajstić information content (AvgIpc) is 2.97. The lowest BCUT2D eigenvalue weighted by atomic mass is 10.1. The fourth-order valence-corrected chi connectivity index (χ4v) is 3.59. The largest absolute Gasteiger partial charge is 0.493 e. The molecule has 226 valence electrons. The summed E-state index contributed by atoms with van der Waals surface area (Å²) in [4.78, 5) is 49.2. The molecule has 0 aliphatic carbocycles. The van der Waals surface area contributed by atoms with E-state index in [4.69, 9.17) is 30.4 Å². The summed E-state index contributed by atoms with van der Waals surface area (Å²) in [5.74, 6) is -0.981. The lowest BCUT2D eigenvalue weighted by Gasteiger charge is -2.16. The van der Waals surface area contributed by atoms with Crippen LogP contribution in [0.3, 0.4) is 0 Å². The van der Waals surface area contributed by atoms with Gasteiger partial charge in [0.25, 0.3) is 0 Å². The SMILES string of the molecule is CCCCC(N)C(=O)Oc1ccc(/C=C/C(=O)CC(=O)/C=C/c2ccc(OC(=O)C(N)C(C)C)c(OC)c2)cc1OC. The highest BCUT2D eigenvalue weighted by Gasteiger charge is 2.21. The van der Waals surface area contributed by atoms with Crippen LogP contribution in [0.15, 0.2) is 48.6 Å². The Bertz CT molecular complexity index is 1320. The van der Waals surface area contributed by atoms with Gasteiger partial charge in [0.2, 0.25) is 0 Å². The van der Waals surface area contributed by atoms with E-state index >= 15 is 0 Å². The van der Waals surface area contributed by atoms with Crippen LogP contribution in [0.1, 0.15) is 57.6 Å². The lowest BCUT2D eigenvalue weighted by molar-refractivity contribution is -0.137. The molecular formula is C32H40N2O8. The second kappa shape index (κ2) is 16.9. The van der Waals surface area contributed by atoms with E-state index in [0.717, 1.165) is 12.8 Å². The van der Waals surface area contributed by atoms with Crippen LogP contribution in [-0.2, 0) is 19.2 Å². The van der Waals surface area contributed by atoms with Crippen molar-refractivity contribution in [1.82, 2.24) is 0 Å². The second-order valence-corrected chi connectivity index (χ2v) is 9.96. The molecule has 4 N–H and O–H groups in total. The number of methoxy groups -OCH3 is 2. The van der Waals surface area contributed by atoms with Crippen LogP contribution in [0.25, 0.3) is 12.2 Å². The van der Waals surface area contributed by atoms with Crippen LogP contribution in [0.2, 0.25) is 0 Å². The summed E-state index contributed by atoms with van der Waals surface area (Å²) in [7, 11) is 2.86. The van der Waals surface area contributed by atoms with Crippen molar-refractivity contribution < 1.29 is 38.1 Å². The predicted molar refractivity (Wildman–Crippen MR) is 160 cm³/mol.